The van der Waals surface area contributed by atoms with Gasteiger partial charge in [-0.3, -0.25) is 4.99 Å². The molecule has 4 heteroatoms. The molecule has 1 unspecified atom stereocenters. The smallest absolute Gasteiger partial charge is 0.169 e. The summed E-state index contributed by atoms with van der Waals surface area (Å²) in [5, 5.41) is 1.12. The maximum atomic E-state index is 5.20. The van der Waals surface area contributed by atoms with Gasteiger partial charge in [0, 0.05) is 4.90 Å². The first kappa shape index (κ1) is 11.9. The molecule has 0 fully saturated rings. The van der Waals surface area contributed by atoms with Gasteiger partial charge in [-0.05, 0) is 41.6 Å². The Morgan fingerprint density at radius 2 is 1.95 bits per heavy atom. The molecule has 2 aromatic rings. The number of anilines is 1. The van der Waals surface area contributed by atoms with Crippen molar-refractivity contribution < 1.29 is 4.74 Å². The molecule has 0 saturated heterocycles. The fraction of sp³-hybridized carbons (Fsp3) is 0.188. The fourth-order valence-corrected chi connectivity index (χ4v) is 3.74. The van der Waals surface area contributed by atoms with Crippen molar-refractivity contribution in [3.8, 4) is 5.75 Å². The minimum atomic E-state index is 0.219. The number of thioether (sulfide) groups is 1. The predicted octanol–water partition coefficient (Wildman–Crippen LogP) is 3.72. The topological polar surface area (TPSA) is 24.8 Å². The van der Waals surface area contributed by atoms with Crippen molar-refractivity contribution in [2.45, 2.75) is 10.9 Å². The van der Waals surface area contributed by atoms with Gasteiger partial charge in [-0.1, -0.05) is 24.3 Å². The SMILES string of the molecule is COc1ccc(C2CN3C(=N2)Sc2ccccc23)cc1. The zero-order chi connectivity index (χ0) is 13.5. The molecule has 0 aromatic heterocycles. The lowest BCUT2D eigenvalue weighted by Gasteiger charge is -2.15. The van der Waals surface area contributed by atoms with Crippen LogP contribution in [0.15, 0.2) is 58.4 Å². The Labute approximate surface area is 122 Å². The second-order valence-electron chi connectivity index (χ2n) is 4.88. The number of fused-ring (bicyclic) bond motifs is 3. The highest BCUT2D eigenvalue weighted by Gasteiger charge is 2.34. The summed E-state index contributed by atoms with van der Waals surface area (Å²) in [6.07, 6.45) is 0. The maximum Gasteiger partial charge on any atom is 0.169 e. The van der Waals surface area contributed by atoms with Crippen LogP contribution >= 0.6 is 11.8 Å². The first-order valence-electron chi connectivity index (χ1n) is 6.61. The molecule has 0 N–H and O–H groups in total. The highest BCUT2D eigenvalue weighted by molar-refractivity contribution is 8.14. The second-order valence-corrected chi connectivity index (χ2v) is 5.89. The van der Waals surface area contributed by atoms with Crippen molar-refractivity contribution in [1.82, 2.24) is 0 Å². The van der Waals surface area contributed by atoms with Crippen LogP contribution in [0.2, 0.25) is 0 Å². The Hall–Kier alpha value is -1.94. The molecular formula is C16H14N2OS. The van der Waals surface area contributed by atoms with Gasteiger partial charge in [0.15, 0.2) is 5.17 Å². The van der Waals surface area contributed by atoms with Crippen molar-refractivity contribution >= 4 is 22.6 Å². The van der Waals surface area contributed by atoms with E-state index in [1.54, 1.807) is 18.9 Å². The van der Waals surface area contributed by atoms with Crippen LogP contribution in [0.3, 0.4) is 0 Å². The van der Waals surface area contributed by atoms with E-state index in [1.807, 2.05) is 12.1 Å². The van der Waals surface area contributed by atoms with Crippen molar-refractivity contribution in [2.75, 3.05) is 18.6 Å². The number of benzene rings is 2. The number of hydrogen-bond donors (Lipinski definition) is 0. The number of amidine groups is 1. The Balaban J connectivity index is 1.62. The van der Waals surface area contributed by atoms with E-state index in [-0.39, 0.29) is 6.04 Å². The average molecular weight is 282 g/mol. The molecule has 0 spiro atoms. The zero-order valence-electron chi connectivity index (χ0n) is 11.1. The molecule has 4 rings (SSSR count). The third-order valence-electron chi connectivity index (χ3n) is 3.71. The summed E-state index contributed by atoms with van der Waals surface area (Å²) in [7, 11) is 1.69. The molecular weight excluding hydrogens is 268 g/mol. The first-order valence-corrected chi connectivity index (χ1v) is 7.43. The van der Waals surface area contributed by atoms with E-state index in [2.05, 4.69) is 41.3 Å². The Bertz CT molecular complexity index is 681. The summed E-state index contributed by atoms with van der Waals surface area (Å²) >= 11 is 1.76. The van der Waals surface area contributed by atoms with Gasteiger partial charge in [0.1, 0.15) is 5.75 Å². The van der Waals surface area contributed by atoms with Crippen LogP contribution < -0.4 is 9.64 Å². The molecule has 0 bridgehead atoms. The highest BCUT2D eigenvalue weighted by Crippen LogP contribution is 2.45. The quantitative estimate of drug-likeness (QED) is 0.839. The van der Waals surface area contributed by atoms with Gasteiger partial charge < -0.3 is 9.64 Å². The van der Waals surface area contributed by atoms with Crippen LogP contribution in [0.25, 0.3) is 0 Å². The monoisotopic (exact) mass is 282 g/mol. The second kappa shape index (κ2) is 4.56. The number of hydrogen-bond acceptors (Lipinski definition) is 4. The van der Waals surface area contributed by atoms with Crippen LogP contribution in [-0.2, 0) is 0 Å². The summed E-state index contributed by atoms with van der Waals surface area (Å²) in [4.78, 5) is 8.47. The number of nitrogens with zero attached hydrogens (tertiary/aromatic N) is 2. The van der Waals surface area contributed by atoms with Crippen molar-refractivity contribution in [3.05, 3.63) is 54.1 Å². The number of methoxy groups -OCH3 is 1. The molecule has 2 aliphatic heterocycles. The third kappa shape index (κ3) is 1.79. The van der Waals surface area contributed by atoms with E-state index in [0.29, 0.717) is 0 Å². The van der Waals surface area contributed by atoms with Gasteiger partial charge >= 0.3 is 0 Å². The lowest BCUT2D eigenvalue weighted by atomic mass is 10.1. The molecule has 0 aliphatic carbocycles. The van der Waals surface area contributed by atoms with Crippen LogP contribution in [0.5, 0.6) is 5.75 Å². The maximum absolute atomic E-state index is 5.20. The van der Waals surface area contributed by atoms with Crippen LogP contribution in [-0.4, -0.2) is 18.8 Å². The van der Waals surface area contributed by atoms with Gasteiger partial charge in [-0.2, -0.15) is 0 Å². The van der Waals surface area contributed by atoms with E-state index in [1.165, 1.54) is 16.1 Å². The normalized spacial score (nSPS) is 19.6. The third-order valence-corrected chi connectivity index (χ3v) is 4.78. The standard InChI is InChI=1S/C16H14N2OS/c1-19-12-8-6-11(7-9-12)13-10-18-14-4-2-3-5-15(14)20-16(18)17-13/h2-9,13H,10H2,1H3. The Morgan fingerprint density at radius 3 is 2.75 bits per heavy atom. The van der Waals surface area contributed by atoms with Crippen molar-refractivity contribution in [1.29, 1.82) is 0 Å². The molecule has 100 valence electrons. The molecule has 2 heterocycles. The van der Waals surface area contributed by atoms with Gasteiger partial charge in [-0.25, -0.2) is 0 Å². The van der Waals surface area contributed by atoms with Gasteiger partial charge in [0.2, 0.25) is 0 Å². The van der Waals surface area contributed by atoms with E-state index < -0.39 is 0 Å². The highest BCUT2D eigenvalue weighted by atomic mass is 32.2. The molecule has 20 heavy (non-hydrogen) atoms. The minimum absolute atomic E-state index is 0.219. The lowest BCUT2D eigenvalue weighted by Crippen LogP contribution is -2.21. The number of rotatable bonds is 2. The molecule has 3 nitrogen and oxygen atoms in total. The molecule has 2 aromatic carbocycles. The summed E-state index contributed by atoms with van der Waals surface area (Å²) in [5.41, 5.74) is 2.53. The summed E-state index contributed by atoms with van der Waals surface area (Å²) in [6.45, 7) is 0.922. The van der Waals surface area contributed by atoms with Crippen LogP contribution in [0.1, 0.15) is 11.6 Å². The largest absolute Gasteiger partial charge is 0.497 e. The Kier molecular flexibility index (Phi) is 2.70. The lowest BCUT2D eigenvalue weighted by molar-refractivity contribution is 0.414. The molecule has 0 amide bonds. The summed E-state index contributed by atoms with van der Waals surface area (Å²) < 4.78 is 5.20. The van der Waals surface area contributed by atoms with E-state index in [4.69, 9.17) is 9.73 Å². The van der Waals surface area contributed by atoms with Crippen LogP contribution in [0.4, 0.5) is 5.69 Å². The van der Waals surface area contributed by atoms with Crippen molar-refractivity contribution in [2.24, 2.45) is 4.99 Å². The van der Waals surface area contributed by atoms with E-state index >= 15 is 0 Å². The summed E-state index contributed by atoms with van der Waals surface area (Å²) in [6, 6.07) is 16.9. The van der Waals surface area contributed by atoms with Gasteiger partial charge in [-0.15, -0.1) is 0 Å². The number of ether oxygens (including phenoxy) is 1. The van der Waals surface area contributed by atoms with E-state index in [0.717, 1.165) is 17.5 Å². The zero-order valence-corrected chi connectivity index (χ0v) is 11.9. The van der Waals surface area contributed by atoms with Crippen molar-refractivity contribution in [3.63, 3.8) is 0 Å². The first-order chi connectivity index (χ1) is 9.85. The molecule has 1 atom stereocenters. The predicted molar refractivity (Wildman–Crippen MR) is 82.8 cm³/mol. The minimum Gasteiger partial charge on any atom is -0.497 e. The number of aliphatic imine (C=N–C) groups is 1. The summed E-state index contributed by atoms with van der Waals surface area (Å²) in [5.74, 6) is 0.889. The molecule has 2 aliphatic rings. The van der Waals surface area contributed by atoms with Gasteiger partial charge in [0.25, 0.3) is 0 Å². The number of para-hydroxylation sites is 1. The van der Waals surface area contributed by atoms with E-state index in [9.17, 15) is 0 Å². The Morgan fingerprint density at radius 1 is 1.15 bits per heavy atom. The molecule has 0 radical (unpaired) electrons. The fourth-order valence-electron chi connectivity index (χ4n) is 2.65. The van der Waals surface area contributed by atoms with Gasteiger partial charge in [0.05, 0.1) is 25.4 Å². The van der Waals surface area contributed by atoms with Crippen LogP contribution in [0, 0.1) is 0 Å². The molecule has 0 saturated carbocycles. The average Bonchev–Trinajstić information content (AvgIpc) is 3.05.